The van der Waals surface area contributed by atoms with Gasteiger partial charge in [-0.2, -0.15) is 0 Å². The van der Waals surface area contributed by atoms with Crippen LogP contribution < -0.4 is 10.1 Å². The van der Waals surface area contributed by atoms with Crippen LogP contribution in [-0.4, -0.2) is 30.4 Å². The van der Waals surface area contributed by atoms with E-state index >= 15 is 0 Å². The molecule has 142 valence electrons. The Bertz CT molecular complexity index is 869. The third-order valence-corrected chi connectivity index (χ3v) is 3.99. The summed E-state index contributed by atoms with van der Waals surface area (Å²) in [4.78, 5) is 35.5. The molecule has 1 amide bonds. The van der Waals surface area contributed by atoms with E-state index in [0.29, 0.717) is 16.3 Å². The highest BCUT2D eigenvalue weighted by Gasteiger charge is 2.19. The second kappa shape index (κ2) is 9.39. The third-order valence-electron chi connectivity index (χ3n) is 3.46. The van der Waals surface area contributed by atoms with Gasteiger partial charge in [0.05, 0.1) is 10.7 Å². The Morgan fingerprint density at radius 1 is 1.11 bits per heavy atom. The molecule has 0 unspecified atom stereocenters. The maximum atomic E-state index is 12.0. The van der Waals surface area contributed by atoms with E-state index in [1.807, 2.05) is 0 Å². The first-order valence-corrected chi connectivity index (χ1v) is 8.71. The first kappa shape index (κ1) is 20.7. The van der Waals surface area contributed by atoms with Crippen LogP contribution in [0.1, 0.15) is 24.2 Å². The van der Waals surface area contributed by atoms with Crippen molar-refractivity contribution in [1.82, 2.24) is 0 Å². The number of ether oxygens (including phenoxy) is 2. The summed E-state index contributed by atoms with van der Waals surface area (Å²) in [6.45, 7) is 2.34. The molecule has 2 aromatic rings. The molecule has 0 aliphatic rings. The van der Waals surface area contributed by atoms with E-state index in [1.165, 1.54) is 26.0 Å². The Balaban J connectivity index is 1.89. The van der Waals surface area contributed by atoms with Crippen LogP contribution in [0.25, 0.3) is 0 Å². The predicted octanol–water partition coefficient (Wildman–Crippen LogP) is 4.15. The van der Waals surface area contributed by atoms with Crippen molar-refractivity contribution in [2.75, 3.05) is 11.9 Å². The summed E-state index contributed by atoms with van der Waals surface area (Å²) < 4.78 is 10.4. The van der Waals surface area contributed by atoms with E-state index in [4.69, 9.17) is 32.7 Å². The van der Waals surface area contributed by atoms with Crippen LogP contribution in [0.4, 0.5) is 5.69 Å². The summed E-state index contributed by atoms with van der Waals surface area (Å²) in [6.07, 6.45) is -0.985. The fourth-order valence-corrected chi connectivity index (χ4v) is 2.60. The topological polar surface area (TPSA) is 81.7 Å². The molecule has 0 saturated heterocycles. The zero-order valence-electron chi connectivity index (χ0n) is 14.6. The number of ketones is 1. The van der Waals surface area contributed by atoms with Crippen molar-refractivity contribution >= 4 is 46.5 Å². The van der Waals surface area contributed by atoms with Gasteiger partial charge in [0.25, 0.3) is 5.91 Å². The van der Waals surface area contributed by atoms with Crippen LogP contribution in [0.5, 0.6) is 5.75 Å². The smallest absolute Gasteiger partial charge is 0.347 e. The van der Waals surface area contributed by atoms with Crippen molar-refractivity contribution < 1.29 is 23.9 Å². The average Bonchev–Trinajstić information content (AvgIpc) is 2.62. The van der Waals surface area contributed by atoms with Gasteiger partial charge in [-0.15, -0.1) is 0 Å². The van der Waals surface area contributed by atoms with Crippen LogP contribution in [0, 0.1) is 0 Å². The fraction of sp³-hybridized carbons (Fsp3) is 0.211. The van der Waals surface area contributed by atoms with Gasteiger partial charge in [-0.25, -0.2) is 4.79 Å². The average molecular weight is 410 g/mol. The van der Waals surface area contributed by atoms with Crippen molar-refractivity contribution in [2.45, 2.75) is 20.0 Å². The highest BCUT2D eigenvalue weighted by atomic mass is 35.5. The maximum absolute atomic E-state index is 12.0. The molecule has 0 heterocycles. The molecule has 1 atom stereocenters. The lowest BCUT2D eigenvalue weighted by Crippen LogP contribution is -2.30. The summed E-state index contributed by atoms with van der Waals surface area (Å²) in [7, 11) is 0. The van der Waals surface area contributed by atoms with Crippen molar-refractivity contribution in [1.29, 1.82) is 0 Å². The Morgan fingerprint density at radius 2 is 1.81 bits per heavy atom. The molecule has 0 fully saturated rings. The molecule has 1 N–H and O–H groups in total. The van der Waals surface area contributed by atoms with E-state index in [1.54, 1.807) is 30.3 Å². The highest BCUT2D eigenvalue weighted by molar-refractivity contribution is 6.35. The Morgan fingerprint density at radius 3 is 2.48 bits per heavy atom. The SMILES string of the molecule is CC(=O)c1ccccc1NC(=O)COC(=O)[C@H](C)Oc1ccc(Cl)cc1Cl. The van der Waals surface area contributed by atoms with Crippen LogP contribution >= 0.6 is 23.2 Å². The van der Waals surface area contributed by atoms with Gasteiger partial charge >= 0.3 is 5.97 Å². The van der Waals surface area contributed by atoms with Gasteiger partial charge in [-0.05, 0) is 44.2 Å². The number of hydrogen-bond acceptors (Lipinski definition) is 5. The van der Waals surface area contributed by atoms with E-state index in [0.717, 1.165) is 0 Å². The Kier molecular flexibility index (Phi) is 7.21. The van der Waals surface area contributed by atoms with Crippen LogP contribution in [-0.2, 0) is 14.3 Å². The van der Waals surface area contributed by atoms with Gasteiger partial charge in [0.1, 0.15) is 5.75 Å². The molecular formula is C19H17Cl2NO5. The lowest BCUT2D eigenvalue weighted by atomic mass is 10.1. The molecule has 8 heteroatoms. The summed E-state index contributed by atoms with van der Waals surface area (Å²) in [5, 5.41) is 3.22. The van der Waals surface area contributed by atoms with E-state index in [-0.39, 0.29) is 16.6 Å². The molecule has 0 radical (unpaired) electrons. The zero-order valence-corrected chi connectivity index (χ0v) is 16.1. The summed E-state index contributed by atoms with van der Waals surface area (Å²) in [5.41, 5.74) is 0.717. The number of hydrogen-bond donors (Lipinski definition) is 1. The fourth-order valence-electron chi connectivity index (χ4n) is 2.15. The molecule has 0 bridgehead atoms. The lowest BCUT2D eigenvalue weighted by molar-refractivity contribution is -0.153. The lowest BCUT2D eigenvalue weighted by Gasteiger charge is -2.15. The number of nitrogens with one attached hydrogen (secondary N) is 1. The second-order valence-electron chi connectivity index (χ2n) is 5.59. The molecule has 0 spiro atoms. The standard InChI is InChI=1S/C19H17Cl2NO5/c1-11(23)14-5-3-4-6-16(14)22-18(24)10-26-19(25)12(2)27-17-8-7-13(20)9-15(17)21/h3-9,12H,10H2,1-2H3,(H,22,24)/t12-/m0/s1. The molecule has 2 rings (SSSR count). The minimum absolute atomic E-state index is 0.190. The van der Waals surface area contributed by atoms with Gasteiger partial charge in [0, 0.05) is 10.6 Å². The molecule has 0 aliphatic carbocycles. The van der Waals surface area contributed by atoms with Crippen molar-refractivity contribution in [3.05, 3.63) is 58.1 Å². The maximum Gasteiger partial charge on any atom is 0.347 e. The van der Waals surface area contributed by atoms with Crippen LogP contribution in [0.2, 0.25) is 10.0 Å². The van der Waals surface area contributed by atoms with Gasteiger partial charge in [-0.3, -0.25) is 9.59 Å². The Labute approximate surface area is 166 Å². The number of halogens is 2. The quantitative estimate of drug-likeness (QED) is 0.548. The van der Waals surface area contributed by atoms with Gasteiger partial charge in [0.2, 0.25) is 0 Å². The van der Waals surface area contributed by atoms with Crippen LogP contribution in [0.3, 0.4) is 0 Å². The molecule has 0 aliphatic heterocycles. The van der Waals surface area contributed by atoms with Crippen molar-refractivity contribution in [3.63, 3.8) is 0 Å². The molecule has 27 heavy (non-hydrogen) atoms. The number of benzene rings is 2. The number of esters is 1. The number of carbonyl (C=O) groups is 3. The molecule has 6 nitrogen and oxygen atoms in total. The zero-order chi connectivity index (χ0) is 20.0. The van der Waals surface area contributed by atoms with Crippen molar-refractivity contribution in [2.24, 2.45) is 0 Å². The minimum Gasteiger partial charge on any atom is -0.477 e. The highest BCUT2D eigenvalue weighted by Crippen LogP contribution is 2.28. The monoisotopic (exact) mass is 409 g/mol. The third kappa shape index (κ3) is 5.98. The summed E-state index contributed by atoms with van der Waals surface area (Å²) in [6, 6.07) is 11.1. The molecule has 0 aromatic heterocycles. The van der Waals surface area contributed by atoms with Gasteiger partial charge in [0.15, 0.2) is 18.5 Å². The summed E-state index contributed by atoms with van der Waals surface area (Å²) >= 11 is 11.8. The summed E-state index contributed by atoms with van der Waals surface area (Å²) in [5.74, 6) is -1.24. The van der Waals surface area contributed by atoms with E-state index in [2.05, 4.69) is 5.32 Å². The van der Waals surface area contributed by atoms with E-state index in [9.17, 15) is 14.4 Å². The predicted molar refractivity (Wildman–Crippen MR) is 103 cm³/mol. The van der Waals surface area contributed by atoms with Crippen molar-refractivity contribution in [3.8, 4) is 5.75 Å². The first-order valence-electron chi connectivity index (χ1n) is 7.96. The number of carbonyl (C=O) groups excluding carboxylic acids is 3. The molecule has 2 aromatic carbocycles. The van der Waals surface area contributed by atoms with Gasteiger partial charge in [-0.1, -0.05) is 35.3 Å². The molecular weight excluding hydrogens is 393 g/mol. The Hall–Kier alpha value is -2.57. The van der Waals surface area contributed by atoms with Gasteiger partial charge < -0.3 is 14.8 Å². The first-order chi connectivity index (χ1) is 12.8. The molecule has 0 saturated carbocycles. The number of rotatable bonds is 7. The minimum atomic E-state index is -0.985. The number of amides is 1. The normalized spacial score (nSPS) is 11.4. The van der Waals surface area contributed by atoms with E-state index < -0.39 is 24.6 Å². The van der Waals surface area contributed by atoms with Crippen LogP contribution in [0.15, 0.2) is 42.5 Å². The second-order valence-corrected chi connectivity index (χ2v) is 6.44. The largest absolute Gasteiger partial charge is 0.477 e. The number of anilines is 1. The number of Topliss-reactive ketones (excluding diaryl/α,β-unsaturated/α-hetero) is 1. The number of para-hydroxylation sites is 1.